The first kappa shape index (κ1) is 21.5. The van der Waals surface area contributed by atoms with E-state index in [1.165, 1.54) is 12.1 Å². The minimum atomic E-state index is -0.239. The highest BCUT2D eigenvalue weighted by molar-refractivity contribution is 6.04. The lowest BCUT2D eigenvalue weighted by molar-refractivity contribution is -0.121. The van der Waals surface area contributed by atoms with Crippen LogP contribution in [0.25, 0.3) is 0 Å². The van der Waals surface area contributed by atoms with E-state index in [1.807, 2.05) is 23.1 Å². The maximum Gasteiger partial charge on any atom is 0.255 e. The van der Waals surface area contributed by atoms with Crippen molar-refractivity contribution in [3.63, 3.8) is 0 Å². The van der Waals surface area contributed by atoms with E-state index in [0.29, 0.717) is 24.3 Å². The number of halogens is 1. The molecule has 164 valence electrons. The van der Waals surface area contributed by atoms with Gasteiger partial charge in [-0.1, -0.05) is 24.3 Å². The quantitative estimate of drug-likeness (QED) is 0.780. The normalized spacial score (nSPS) is 19.8. The van der Waals surface area contributed by atoms with Crippen molar-refractivity contribution in [2.75, 3.05) is 31.5 Å². The van der Waals surface area contributed by atoms with Crippen LogP contribution in [0.3, 0.4) is 0 Å². The van der Waals surface area contributed by atoms with Crippen molar-refractivity contribution in [2.24, 2.45) is 5.92 Å². The Morgan fingerprint density at radius 1 is 0.935 bits per heavy atom. The zero-order valence-electron chi connectivity index (χ0n) is 17.9. The molecule has 2 amide bonds. The van der Waals surface area contributed by atoms with Gasteiger partial charge in [-0.05, 0) is 68.5 Å². The van der Waals surface area contributed by atoms with Crippen LogP contribution in [0, 0.1) is 11.7 Å². The molecular formula is C25H30FN3O2. The molecule has 2 aliphatic heterocycles. The number of carbonyl (C=O) groups excluding carboxylic acids is 2. The average molecular weight is 424 g/mol. The summed E-state index contributed by atoms with van der Waals surface area (Å²) < 4.78 is 13.2. The third-order valence-electron chi connectivity index (χ3n) is 6.25. The molecule has 2 aromatic rings. The number of nitrogens with zero attached hydrogens (tertiary/aromatic N) is 2. The van der Waals surface area contributed by atoms with Gasteiger partial charge < -0.3 is 10.2 Å². The molecule has 1 N–H and O–H groups in total. The number of anilines is 1. The SMILES string of the molecule is O=C(Nc1ccccc1C(=O)N1CCCCC1)[C@H]1CCCN(Cc2ccc(F)cc2)C1. The minimum absolute atomic E-state index is 0.00261. The Kier molecular flexibility index (Phi) is 6.97. The first-order valence-corrected chi connectivity index (χ1v) is 11.3. The van der Waals surface area contributed by atoms with Crippen molar-refractivity contribution < 1.29 is 14.0 Å². The number of carbonyl (C=O) groups is 2. The molecule has 0 aromatic heterocycles. The van der Waals surface area contributed by atoms with E-state index in [1.54, 1.807) is 18.2 Å². The lowest BCUT2D eigenvalue weighted by Crippen LogP contribution is -2.40. The number of hydrogen-bond donors (Lipinski definition) is 1. The number of rotatable bonds is 5. The van der Waals surface area contributed by atoms with Gasteiger partial charge in [-0.25, -0.2) is 4.39 Å². The lowest BCUT2D eigenvalue weighted by Gasteiger charge is -2.32. The van der Waals surface area contributed by atoms with Crippen molar-refractivity contribution in [1.29, 1.82) is 0 Å². The number of benzene rings is 2. The number of nitrogens with one attached hydrogen (secondary N) is 1. The van der Waals surface area contributed by atoms with Crippen LogP contribution >= 0.6 is 0 Å². The number of para-hydroxylation sites is 1. The maximum absolute atomic E-state index is 13.2. The Morgan fingerprint density at radius 3 is 2.45 bits per heavy atom. The molecule has 31 heavy (non-hydrogen) atoms. The standard InChI is InChI=1S/C25H30FN3O2/c26-21-12-10-19(11-13-21)17-28-14-6-7-20(18-28)24(30)27-23-9-3-2-8-22(23)25(31)29-15-4-1-5-16-29/h2-3,8-13,20H,1,4-7,14-18H2,(H,27,30)/t20-/m0/s1. The van der Waals surface area contributed by atoms with Gasteiger partial charge in [-0.15, -0.1) is 0 Å². The van der Waals surface area contributed by atoms with Crippen molar-refractivity contribution >= 4 is 17.5 Å². The van der Waals surface area contributed by atoms with Gasteiger partial charge in [0.15, 0.2) is 0 Å². The minimum Gasteiger partial charge on any atom is -0.339 e. The van der Waals surface area contributed by atoms with Crippen LogP contribution in [-0.4, -0.2) is 47.8 Å². The predicted octanol–water partition coefficient (Wildman–Crippen LogP) is 4.30. The summed E-state index contributed by atoms with van der Waals surface area (Å²) in [6, 6.07) is 13.8. The van der Waals surface area contributed by atoms with Gasteiger partial charge in [-0.3, -0.25) is 14.5 Å². The summed E-state index contributed by atoms with van der Waals surface area (Å²) in [5.74, 6) is -0.412. The molecular weight excluding hydrogens is 393 g/mol. The molecule has 2 aliphatic rings. The largest absolute Gasteiger partial charge is 0.339 e. The van der Waals surface area contributed by atoms with E-state index in [4.69, 9.17) is 0 Å². The van der Waals surface area contributed by atoms with Crippen LogP contribution < -0.4 is 5.32 Å². The monoisotopic (exact) mass is 423 g/mol. The van der Waals surface area contributed by atoms with Crippen LogP contribution in [0.15, 0.2) is 48.5 Å². The lowest BCUT2D eigenvalue weighted by atomic mass is 9.96. The Bertz CT molecular complexity index is 909. The van der Waals surface area contributed by atoms with Crippen molar-refractivity contribution in [2.45, 2.75) is 38.6 Å². The fourth-order valence-corrected chi connectivity index (χ4v) is 4.54. The molecule has 4 rings (SSSR count). The summed E-state index contributed by atoms with van der Waals surface area (Å²) in [6.45, 7) is 3.84. The Balaban J connectivity index is 1.39. The summed E-state index contributed by atoms with van der Waals surface area (Å²) in [6.07, 6.45) is 5.00. The molecule has 6 heteroatoms. The fraction of sp³-hybridized carbons (Fsp3) is 0.440. The van der Waals surface area contributed by atoms with Gasteiger partial charge in [0, 0.05) is 26.2 Å². The smallest absolute Gasteiger partial charge is 0.255 e. The van der Waals surface area contributed by atoms with Gasteiger partial charge in [-0.2, -0.15) is 0 Å². The third kappa shape index (κ3) is 5.50. The van der Waals surface area contributed by atoms with Crippen LogP contribution in [0.2, 0.25) is 0 Å². The molecule has 0 bridgehead atoms. The Morgan fingerprint density at radius 2 is 1.68 bits per heavy atom. The molecule has 2 heterocycles. The highest BCUT2D eigenvalue weighted by Crippen LogP contribution is 2.24. The zero-order chi connectivity index (χ0) is 21.6. The highest BCUT2D eigenvalue weighted by Gasteiger charge is 2.27. The second-order valence-electron chi connectivity index (χ2n) is 8.59. The van der Waals surface area contributed by atoms with E-state index >= 15 is 0 Å². The second-order valence-corrected chi connectivity index (χ2v) is 8.59. The first-order valence-electron chi connectivity index (χ1n) is 11.3. The highest BCUT2D eigenvalue weighted by atomic mass is 19.1. The predicted molar refractivity (Wildman–Crippen MR) is 119 cm³/mol. The maximum atomic E-state index is 13.2. The fourth-order valence-electron chi connectivity index (χ4n) is 4.54. The number of likely N-dealkylation sites (tertiary alicyclic amines) is 2. The summed E-state index contributed by atoms with van der Waals surface area (Å²) in [5, 5.41) is 3.03. The molecule has 2 fully saturated rings. The van der Waals surface area contributed by atoms with Crippen molar-refractivity contribution in [1.82, 2.24) is 9.80 Å². The van der Waals surface area contributed by atoms with Crippen molar-refractivity contribution in [3.8, 4) is 0 Å². The van der Waals surface area contributed by atoms with Crippen molar-refractivity contribution in [3.05, 3.63) is 65.5 Å². The molecule has 2 saturated heterocycles. The third-order valence-corrected chi connectivity index (χ3v) is 6.25. The number of hydrogen-bond acceptors (Lipinski definition) is 3. The van der Waals surface area contributed by atoms with Crippen LogP contribution in [0.5, 0.6) is 0 Å². The zero-order valence-corrected chi connectivity index (χ0v) is 17.9. The van der Waals surface area contributed by atoms with Gasteiger partial charge in [0.1, 0.15) is 5.82 Å². The molecule has 0 unspecified atom stereocenters. The molecule has 5 nitrogen and oxygen atoms in total. The number of amides is 2. The van der Waals surface area contributed by atoms with Crippen LogP contribution in [0.1, 0.15) is 48.0 Å². The van der Waals surface area contributed by atoms with E-state index in [-0.39, 0.29) is 23.5 Å². The van der Waals surface area contributed by atoms with E-state index < -0.39 is 0 Å². The first-order chi connectivity index (χ1) is 15.1. The van der Waals surface area contributed by atoms with Gasteiger partial charge in [0.25, 0.3) is 5.91 Å². The Labute approximate surface area is 183 Å². The molecule has 2 aromatic carbocycles. The van der Waals surface area contributed by atoms with Crippen LogP contribution in [-0.2, 0) is 11.3 Å². The molecule has 1 atom stereocenters. The van der Waals surface area contributed by atoms with Gasteiger partial charge >= 0.3 is 0 Å². The molecule has 0 aliphatic carbocycles. The van der Waals surface area contributed by atoms with Gasteiger partial charge in [0.05, 0.1) is 17.2 Å². The molecule has 0 radical (unpaired) electrons. The summed E-state index contributed by atoms with van der Waals surface area (Å²) in [7, 11) is 0. The van der Waals surface area contributed by atoms with E-state index in [9.17, 15) is 14.0 Å². The summed E-state index contributed by atoms with van der Waals surface area (Å²) in [4.78, 5) is 30.2. The topological polar surface area (TPSA) is 52.7 Å². The average Bonchev–Trinajstić information content (AvgIpc) is 2.81. The van der Waals surface area contributed by atoms with E-state index in [2.05, 4.69) is 10.2 Å². The number of piperidine rings is 2. The summed E-state index contributed by atoms with van der Waals surface area (Å²) in [5.41, 5.74) is 2.20. The summed E-state index contributed by atoms with van der Waals surface area (Å²) >= 11 is 0. The Hall–Kier alpha value is -2.73. The molecule has 0 spiro atoms. The van der Waals surface area contributed by atoms with E-state index in [0.717, 1.165) is 57.3 Å². The van der Waals surface area contributed by atoms with Crippen LogP contribution in [0.4, 0.5) is 10.1 Å². The van der Waals surface area contributed by atoms with Gasteiger partial charge in [0.2, 0.25) is 5.91 Å². The second kappa shape index (κ2) is 10.1. The molecule has 0 saturated carbocycles.